The Bertz CT molecular complexity index is 290. The van der Waals surface area contributed by atoms with E-state index in [4.69, 9.17) is 0 Å². The van der Waals surface area contributed by atoms with Crippen molar-refractivity contribution in [2.75, 3.05) is 19.6 Å². The molecule has 0 unspecified atom stereocenters. The second-order valence-electron chi connectivity index (χ2n) is 3.89. The number of rotatable bonds is 1. The molecule has 0 aromatic carbocycles. The molecule has 0 spiro atoms. The summed E-state index contributed by atoms with van der Waals surface area (Å²) in [6.45, 7) is 2.61. The summed E-state index contributed by atoms with van der Waals surface area (Å²) in [5, 5.41) is 5.95. The maximum Gasteiger partial charge on any atom is 0.321 e. The second-order valence-corrected chi connectivity index (χ2v) is 3.89. The monoisotopic (exact) mass is 207 g/mol. The van der Waals surface area contributed by atoms with Crippen molar-refractivity contribution in [1.82, 2.24) is 15.5 Å². The number of likely N-dealkylation sites (tertiary alicyclic amines) is 1. The van der Waals surface area contributed by atoms with Gasteiger partial charge in [0, 0.05) is 25.8 Å². The molecule has 2 heterocycles. The van der Waals surface area contributed by atoms with Crippen LogP contribution in [0.25, 0.3) is 0 Å². The molecule has 0 aromatic rings. The van der Waals surface area contributed by atoms with Crippen LogP contribution in [0.4, 0.5) is 4.79 Å². The number of piperidine rings is 1. The molecule has 4 nitrogen and oxygen atoms in total. The Morgan fingerprint density at radius 3 is 2.80 bits per heavy atom. The van der Waals surface area contributed by atoms with Crippen LogP contribution in [0.3, 0.4) is 0 Å². The molecule has 2 amide bonds. The summed E-state index contributed by atoms with van der Waals surface area (Å²) in [5.74, 6) is 0. The quantitative estimate of drug-likeness (QED) is 0.678. The van der Waals surface area contributed by atoms with Gasteiger partial charge in [-0.3, -0.25) is 0 Å². The first kappa shape index (κ1) is 10.1. The van der Waals surface area contributed by atoms with Crippen LogP contribution in [0.2, 0.25) is 0 Å². The minimum absolute atomic E-state index is 0.0225. The first-order valence-electron chi connectivity index (χ1n) is 5.52. The fourth-order valence-electron chi connectivity index (χ4n) is 1.85. The van der Waals surface area contributed by atoms with E-state index in [-0.39, 0.29) is 6.03 Å². The summed E-state index contributed by atoms with van der Waals surface area (Å²) in [4.78, 5) is 13.7. The summed E-state index contributed by atoms with van der Waals surface area (Å²) >= 11 is 0. The molecule has 1 saturated heterocycles. The van der Waals surface area contributed by atoms with E-state index in [1.807, 2.05) is 23.3 Å². The fraction of sp³-hybridized carbons (Fsp3) is 0.545. The van der Waals surface area contributed by atoms with E-state index in [1.165, 1.54) is 6.42 Å². The highest BCUT2D eigenvalue weighted by molar-refractivity contribution is 5.76. The third-order valence-electron chi connectivity index (χ3n) is 2.69. The maximum atomic E-state index is 11.8. The molecule has 1 fully saturated rings. The number of dihydropyridines is 1. The van der Waals surface area contributed by atoms with E-state index in [0.717, 1.165) is 38.2 Å². The largest absolute Gasteiger partial charge is 0.386 e. The molecule has 0 saturated carbocycles. The van der Waals surface area contributed by atoms with Gasteiger partial charge in [0.25, 0.3) is 0 Å². The normalized spacial score (nSPS) is 20.5. The lowest BCUT2D eigenvalue weighted by molar-refractivity contribution is 0.189. The zero-order valence-corrected chi connectivity index (χ0v) is 8.83. The van der Waals surface area contributed by atoms with Gasteiger partial charge in [-0.1, -0.05) is 6.08 Å². The number of amides is 2. The topological polar surface area (TPSA) is 44.4 Å². The van der Waals surface area contributed by atoms with Crippen LogP contribution in [0.15, 0.2) is 24.0 Å². The van der Waals surface area contributed by atoms with Gasteiger partial charge in [0.05, 0.1) is 5.70 Å². The Kier molecular flexibility index (Phi) is 3.27. The van der Waals surface area contributed by atoms with Crippen molar-refractivity contribution in [2.24, 2.45) is 0 Å². The number of nitrogens with one attached hydrogen (secondary N) is 2. The predicted molar refractivity (Wildman–Crippen MR) is 59.2 cm³/mol. The van der Waals surface area contributed by atoms with Crippen LogP contribution >= 0.6 is 0 Å². The van der Waals surface area contributed by atoms with Crippen molar-refractivity contribution < 1.29 is 4.79 Å². The zero-order chi connectivity index (χ0) is 10.5. The number of hydrogen-bond donors (Lipinski definition) is 2. The maximum absolute atomic E-state index is 11.8. The summed E-state index contributed by atoms with van der Waals surface area (Å²) in [6, 6.07) is 0.0225. The third kappa shape index (κ3) is 2.75. The van der Waals surface area contributed by atoms with Gasteiger partial charge in [-0.25, -0.2) is 4.79 Å². The molecule has 0 bridgehead atoms. The van der Waals surface area contributed by atoms with Gasteiger partial charge in [0.1, 0.15) is 0 Å². The Morgan fingerprint density at radius 1 is 1.33 bits per heavy atom. The van der Waals surface area contributed by atoms with Crippen LogP contribution < -0.4 is 10.6 Å². The number of urea groups is 1. The van der Waals surface area contributed by atoms with E-state index >= 15 is 0 Å². The molecule has 0 aromatic heterocycles. The Hall–Kier alpha value is -1.45. The SMILES string of the molecule is O=C(NC1=CNCC=C1)N1CCCCC1. The van der Waals surface area contributed by atoms with E-state index in [9.17, 15) is 4.79 Å². The highest BCUT2D eigenvalue weighted by Gasteiger charge is 2.16. The summed E-state index contributed by atoms with van der Waals surface area (Å²) in [5.41, 5.74) is 0.844. The second kappa shape index (κ2) is 4.87. The number of carbonyl (C=O) groups excluding carboxylic acids is 1. The molecule has 0 aliphatic carbocycles. The van der Waals surface area contributed by atoms with Crippen LogP contribution in [-0.4, -0.2) is 30.6 Å². The lowest BCUT2D eigenvalue weighted by atomic mass is 10.1. The highest BCUT2D eigenvalue weighted by atomic mass is 16.2. The molecule has 2 N–H and O–H groups in total. The third-order valence-corrected chi connectivity index (χ3v) is 2.69. The van der Waals surface area contributed by atoms with Crippen LogP contribution in [0.5, 0.6) is 0 Å². The highest BCUT2D eigenvalue weighted by Crippen LogP contribution is 2.09. The number of hydrogen-bond acceptors (Lipinski definition) is 2. The molecule has 2 aliphatic rings. The van der Waals surface area contributed by atoms with Gasteiger partial charge in [0.15, 0.2) is 0 Å². The van der Waals surface area contributed by atoms with Gasteiger partial charge < -0.3 is 15.5 Å². The molecule has 0 radical (unpaired) electrons. The Balaban J connectivity index is 1.85. The molecule has 4 heteroatoms. The van der Waals surface area contributed by atoms with Crippen molar-refractivity contribution >= 4 is 6.03 Å². The molecule has 2 aliphatic heterocycles. The van der Waals surface area contributed by atoms with Crippen LogP contribution in [-0.2, 0) is 0 Å². The van der Waals surface area contributed by atoms with E-state index < -0.39 is 0 Å². The minimum Gasteiger partial charge on any atom is -0.386 e. The lowest BCUT2D eigenvalue weighted by Crippen LogP contribution is -2.42. The van der Waals surface area contributed by atoms with Crippen molar-refractivity contribution in [2.45, 2.75) is 19.3 Å². The standard InChI is InChI=1S/C11H17N3O/c15-11(14-7-2-1-3-8-14)13-10-5-4-6-12-9-10/h4-5,9,12H,1-3,6-8H2,(H,13,15). The van der Waals surface area contributed by atoms with E-state index in [0.29, 0.717) is 0 Å². The Morgan fingerprint density at radius 2 is 2.13 bits per heavy atom. The number of allylic oxidation sites excluding steroid dienone is 1. The van der Waals surface area contributed by atoms with Crippen molar-refractivity contribution in [1.29, 1.82) is 0 Å². The van der Waals surface area contributed by atoms with Crippen molar-refractivity contribution in [3.63, 3.8) is 0 Å². The van der Waals surface area contributed by atoms with Gasteiger partial charge in [-0.2, -0.15) is 0 Å². The fourth-order valence-corrected chi connectivity index (χ4v) is 1.85. The van der Waals surface area contributed by atoms with E-state index in [2.05, 4.69) is 10.6 Å². The smallest absolute Gasteiger partial charge is 0.321 e. The van der Waals surface area contributed by atoms with Gasteiger partial charge >= 0.3 is 6.03 Å². The molecular weight excluding hydrogens is 190 g/mol. The zero-order valence-electron chi connectivity index (χ0n) is 8.83. The van der Waals surface area contributed by atoms with Crippen molar-refractivity contribution in [3.05, 3.63) is 24.0 Å². The van der Waals surface area contributed by atoms with Gasteiger partial charge in [-0.05, 0) is 25.3 Å². The summed E-state index contributed by atoms with van der Waals surface area (Å²) in [7, 11) is 0. The minimum atomic E-state index is 0.0225. The Labute approximate surface area is 90.0 Å². The first-order valence-corrected chi connectivity index (χ1v) is 5.52. The molecular formula is C11H17N3O. The average Bonchev–Trinajstić information content (AvgIpc) is 2.31. The van der Waals surface area contributed by atoms with Crippen LogP contribution in [0, 0.1) is 0 Å². The average molecular weight is 207 g/mol. The van der Waals surface area contributed by atoms with E-state index in [1.54, 1.807) is 0 Å². The molecule has 15 heavy (non-hydrogen) atoms. The van der Waals surface area contributed by atoms with Gasteiger partial charge in [0.2, 0.25) is 0 Å². The lowest BCUT2D eigenvalue weighted by Gasteiger charge is -2.27. The molecule has 82 valence electrons. The molecule has 2 rings (SSSR count). The molecule has 0 atom stereocenters. The van der Waals surface area contributed by atoms with Crippen LogP contribution in [0.1, 0.15) is 19.3 Å². The first-order chi connectivity index (χ1) is 7.36. The van der Waals surface area contributed by atoms with Gasteiger partial charge in [-0.15, -0.1) is 0 Å². The number of nitrogens with zero attached hydrogens (tertiary/aromatic N) is 1. The number of carbonyl (C=O) groups is 1. The predicted octanol–water partition coefficient (Wildman–Crippen LogP) is 1.18. The summed E-state index contributed by atoms with van der Waals surface area (Å²) in [6.07, 6.45) is 9.25. The summed E-state index contributed by atoms with van der Waals surface area (Å²) < 4.78 is 0. The van der Waals surface area contributed by atoms with Crippen molar-refractivity contribution in [3.8, 4) is 0 Å².